The molecule has 0 aliphatic rings. The van der Waals surface area contributed by atoms with Gasteiger partial charge in [-0.25, -0.2) is 0 Å². The molecule has 112 valence electrons. The SMILES string of the molecule is COc1cccc(N(C)c2cccc(OC)c2[C@@H](C)N)c1. The molecule has 1 atom stereocenters. The van der Waals surface area contributed by atoms with E-state index in [1.165, 1.54) is 0 Å². The molecule has 0 unspecified atom stereocenters. The quantitative estimate of drug-likeness (QED) is 0.914. The van der Waals surface area contributed by atoms with E-state index >= 15 is 0 Å². The number of hydrogen-bond donors (Lipinski definition) is 1. The summed E-state index contributed by atoms with van der Waals surface area (Å²) in [6, 6.07) is 13.7. The summed E-state index contributed by atoms with van der Waals surface area (Å²) in [5, 5.41) is 0. The number of hydrogen-bond acceptors (Lipinski definition) is 4. The molecule has 2 aromatic carbocycles. The lowest BCUT2D eigenvalue weighted by molar-refractivity contribution is 0.407. The number of ether oxygens (including phenoxy) is 2. The molecule has 0 aliphatic carbocycles. The minimum Gasteiger partial charge on any atom is -0.497 e. The molecule has 2 rings (SSSR count). The van der Waals surface area contributed by atoms with Gasteiger partial charge >= 0.3 is 0 Å². The maximum atomic E-state index is 6.13. The number of rotatable bonds is 5. The summed E-state index contributed by atoms with van der Waals surface area (Å²) in [6.45, 7) is 1.96. The van der Waals surface area contributed by atoms with Crippen LogP contribution in [0.3, 0.4) is 0 Å². The summed E-state index contributed by atoms with van der Waals surface area (Å²) in [6.07, 6.45) is 0. The van der Waals surface area contributed by atoms with Crippen molar-refractivity contribution in [1.82, 2.24) is 0 Å². The highest BCUT2D eigenvalue weighted by Gasteiger charge is 2.17. The molecule has 4 nitrogen and oxygen atoms in total. The molecule has 0 radical (unpaired) electrons. The fraction of sp³-hybridized carbons (Fsp3) is 0.294. The minimum absolute atomic E-state index is 0.121. The van der Waals surface area contributed by atoms with E-state index in [-0.39, 0.29) is 6.04 Å². The van der Waals surface area contributed by atoms with Crippen molar-refractivity contribution in [3.8, 4) is 11.5 Å². The molecule has 21 heavy (non-hydrogen) atoms. The maximum Gasteiger partial charge on any atom is 0.125 e. The Labute approximate surface area is 126 Å². The Morgan fingerprint density at radius 1 is 1.05 bits per heavy atom. The number of nitrogens with zero attached hydrogens (tertiary/aromatic N) is 1. The van der Waals surface area contributed by atoms with Gasteiger partial charge < -0.3 is 20.1 Å². The van der Waals surface area contributed by atoms with Gasteiger partial charge in [0.05, 0.1) is 14.2 Å². The third-order valence-corrected chi connectivity index (χ3v) is 3.52. The molecule has 2 N–H and O–H groups in total. The van der Waals surface area contributed by atoms with Gasteiger partial charge in [0.1, 0.15) is 11.5 Å². The van der Waals surface area contributed by atoms with E-state index in [0.29, 0.717) is 0 Å². The standard InChI is InChI=1S/C17H22N2O2/c1-12(18)17-15(9-6-10-16(17)21-4)19(2)13-7-5-8-14(11-13)20-3/h5-12H,18H2,1-4H3/t12-/m1/s1. The molecule has 0 aromatic heterocycles. The van der Waals surface area contributed by atoms with Gasteiger partial charge in [0.25, 0.3) is 0 Å². The largest absolute Gasteiger partial charge is 0.497 e. The average Bonchev–Trinajstić information content (AvgIpc) is 2.53. The number of nitrogens with two attached hydrogens (primary N) is 1. The van der Waals surface area contributed by atoms with Gasteiger partial charge in [0.15, 0.2) is 0 Å². The molecule has 0 aliphatic heterocycles. The van der Waals surface area contributed by atoms with Gasteiger partial charge in [-0.1, -0.05) is 12.1 Å². The van der Waals surface area contributed by atoms with Crippen molar-refractivity contribution in [1.29, 1.82) is 0 Å². The van der Waals surface area contributed by atoms with Crippen LogP contribution in [0.1, 0.15) is 18.5 Å². The summed E-state index contributed by atoms with van der Waals surface area (Å²) in [5.41, 5.74) is 9.18. The predicted molar refractivity (Wildman–Crippen MR) is 86.7 cm³/mol. The van der Waals surface area contributed by atoms with E-state index in [9.17, 15) is 0 Å². The zero-order valence-corrected chi connectivity index (χ0v) is 13.0. The van der Waals surface area contributed by atoms with Crippen LogP contribution >= 0.6 is 0 Å². The van der Waals surface area contributed by atoms with Gasteiger partial charge in [-0.15, -0.1) is 0 Å². The topological polar surface area (TPSA) is 47.7 Å². The van der Waals surface area contributed by atoms with E-state index in [1.54, 1.807) is 14.2 Å². The van der Waals surface area contributed by atoms with Crippen molar-refractivity contribution in [2.45, 2.75) is 13.0 Å². The second-order valence-corrected chi connectivity index (χ2v) is 4.94. The van der Waals surface area contributed by atoms with Crippen molar-refractivity contribution in [2.24, 2.45) is 5.73 Å². The molecular weight excluding hydrogens is 264 g/mol. The van der Waals surface area contributed by atoms with E-state index in [1.807, 2.05) is 56.4 Å². The third kappa shape index (κ3) is 3.11. The zero-order chi connectivity index (χ0) is 15.4. The Hall–Kier alpha value is -2.20. The van der Waals surface area contributed by atoms with Crippen LogP contribution in [0.2, 0.25) is 0 Å². The molecule has 4 heteroatoms. The van der Waals surface area contributed by atoms with Crippen LogP contribution in [0.15, 0.2) is 42.5 Å². The number of methoxy groups -OCH3 is 2. The Kier molecular flexibility index (Phi) is 4.70. The van der Waals surface area contributed by atoms with Crippen molar-refractivity contribution in [3.05, 3.63) is 48.0 Å². The maximum absolute atomic E-state index is 6.13. The van der Waals surface area contributed by atoms with Gasteiger partial charge in [-0.05, 0) is 31.2 Å². The lowest BCUT2D eigenvalue weighted by Gasteiger charge is -2.25. The normalized spacial score (nSPS) is 11.9. The highest BCUT2D eigenvalue weighted by atomic mass is 16.5. The van der Waals surface area contributed by atoms with Crippen molar-refractivity contribution in [3.63, 3.8) is 0 Å². The summed E-state index contributed by atoms with van der Waals surface area (Å²) in [7, 11) is 5.34. The summed E-state index contributed by atoms with van der Waals surface area (Å²) in [5.74, 6) is 1.63. The first-order chi connectivity index (χ1) is 10.1. The van der Waals surface area contributed by atoms with Gasteiger partial charge in [-0.2, -0.15) is 0 Å². The third-order valence-electron chi connectivity index (χ3n) is 3.52. The molecule has 0 spiro atoms. The Morgan fingerprint density at radius 3 is 2.38 bits per heavy atom. The summed E-state index contributed by atoms with van der Waals surface area (Å²) < 4.78 is 10.7. The van der Waals surface area contributed by atoms with Crippen LogP contribution in [0.4, 0.5) is 11.4 Å². The summed E-state index contributed by atoms with van der Waals surface area (Å²) in [4.78, 5) is 2.09. The molecule has 2 aromatic rings. The highest BCUT2D eigenvalue weighted by molar-refractivity contribution is 5.70. The molecular formula is C17H22N2O2. The van der Waals surface area contributed by atoms with Crippen molar-refractivity contribution < 1.29 is 9.47 Å². The average molecular weight is 286 g/mol. The van der Waals surface area contributed by atoms with Crippen LogP contribution in [0, 0.1) is 0 Å². The lowest BCUT2D eigenvalue weighted by Crippen LogP contribution is -2.16. The van der Waals surface area contributed by atoms with E-state index in [0.717, 1.165) is 28.4 Å². The van der Waals surface area contributed by atoms with Crippen molar-refractivity contribution >= 4 is 11.4 Å². The first kappa shape index (κ1) is 15.2. The first-order valence-electron chi connectivity index (χ1n) is 6.88. The van der Waals surface area contributed by atoms with Gasteiger partial charge in [0, 0.05) is 36.1 Å². The van der Waals surface area contributed by atoms with E-state index in [4.69, 9.17) is 15.2 Å². The molecule has 0 fully saturated rings. The molecule has 0 amide bonds. The van der Waals surface area contributed by atoms with Crippen LogP contribution < -0.4 is 20.1 Å². The predicted octanol–water partition coefficient (Wildman–Crippen LogP) is 3.49. The Morgan fingerprint density at radius 2 is 1.76 bits per heavy atom. The number of anilines is 2. The van der Waals surface area contributed by atoms with Crippen LogP contribution in [0.5, 0.6) is 11.5 Å². The second kappa shape index (κ2) is 6.50. The van der Waals surface area contributed by atoms with Crippen LogP contribution in [0.25, 0.3) is 0 Å². The van der Waals surface area contributed by atoms with E-state index < -0.39 is 0 Å². The summed E-state index contributed by atoms with van der Waals surface area (Å²) >= 11 is 0. The Balaban J connectivity index is 2.49. The van der Waals surface area contributed by atoms with Crippen molar-refractivity contribution in [2.75, 3.05) is 26.2 Å². The smallest absolute Gasteiger partial charge is 0.125 e. The fourth-order valence-corrected chi connectivity index (χ4v) is 2.42. The lowest BCUT2D eigenvalue weighted by atomic mass is 10.0. The molecule has 0 saturated heterocycles. The molecule has 0 heterocycles. The minimum atomic E-state index is -0.121. The fourth-order valence-electron chi connectivity index (χ4n) is 2.42. The van der Waals surface area contributed by atoms with Gasteiger partial charge in [0.2, 0.25) is 0 Å². The Bertz CT molecular complexity index is 611. The van der Waals surface area contributed by atoms with Crippen LogP contribution in [-0.2, 0) is 0 Å². The number of benzene rings is 2. The van der Waals surface area contributed by atoms with Crippen LogP contribution in [-0.4, -0.2) is 21.3 Å². The van der Waals surface area contributed by atoms with E-state index in [2.05, 4.69) is 4.90 Å². The monoisotopic (exact) mass is 286 g/mol. The highest BCUT2D eigenvalue weighted by Crippen LogP contribution is 2.36. The zero-order valence-electron chi connectivity index (χ0n) is 13.0. The molecule has 0 bridgehead atoms. The van der Waals surface area contributed by atoms with Gasteiger partial charge in [-0.3, -0.25) is 0 Å². The second-order valence-electron chi connectivity index (χ2n) is 4.94. The molecule has 0 saturated carbocycles. The first-order valence-corrected chi connectivity index (χ1v) is 6.88.